The summed E-state index contributed by atoms with van der Waals surface area (Å²) in [5, 5.41) is 12.3. The molecule has 1 amide bonds. The maximum Gasteiger partial charge on any atom is 0.259 e. The Kier molecular flexibility index (Phi) is 4.98. The van der Waals surface area contributed by atoms with Gasteiger partial charge in [0.2, 0.25) is 0 Å². The number of sulfonamides is 1. The average Bonchev–Trinajstić information content (AvgIpc) is 3.37. The summed E-state index contributed by atoms with van der Waals surface area (Å²) in [5.74, 6) is -1.48. The van der Waals surface area contributed by atoms with Gasteiger partial charge in [-0.05, 0) is 24.6 Å². The molecule has 8 nitrogen and oxygen atoms in total. The number of ether oxygens (including phenoxy) is 1. The topological polar surface area (TPSA) is 122 Å². The van der Waals surface area contributed by atoms with Crippen molar-refractivity contribution in [2.45, 2.75) is 29.0 Å². The van der Waals surface area contributed by atoms with E-state index in [0.717, 1.165) is 17.4 Å². The van der Waals surface area contributed by atoms with E-state index in [-0.39, 0.29) is 39.0 Å². The van der Waals surface area contributed by atoms with Gasteiger partial charge in [-0.2, -0.15) is 4.31 Å². The molecule has 3 heterocycles. The number of morpholine rings is 1. The van der Waals surface area contributed by atoms with Gasteiger partial charge in [0.05, 0.1) is 24.3 Å². The monoisotopic (exact) mass is 427 g/mol. The van der Waals surface area contributed by atoms with Crippen LogP contribution >= 0.6 is 11.3 Å². The van der Waals surface area contributed by atoms with Gasteiger partial charge in [0.25, 0.3) is 15.9 Å². The molecule has 2 aliphatic heterocycles. The molecule has 2 saturated heterocycles. The number of nitrogens with two attached hydrogens (primary N) is 1. The van der Waals surface area contributed by atoms with Crippen molar-refractivity contribution in [3.63, 3.8) is 0 Å². The molecule has 0 radical (unpaired) electrons. The van der Waals surface area contributed by atoms with Gasteiger partial charge in [-0.25, -0.2) is 12.8 Å². The molecule has 2 fully saturated rings. The summed E-state index contributed by atoms with van der Waals surface area (Å²) in [6.45, 7) is 0.612. The van der Waals surface area contributed by atoms with Crippen LogP contribution in [0.3, 0.4) is 0 Å². The number of hydrogen-bond donors (Lipinski definition) is 3. The number of rotatable bonds is 5. The third-order valence-corrected chi connectivity index (χ3v) is 8.25. The highest BCUT2D eigenvalue weighted by Gasteiger charge is 2.46. The fourth-order valence-electron chi connectivity index (χ4n) is 3.42. The number of aliphatic hydroxyl groups excluding tert-OH is 1. The van der Waals surface area contributed by atoms with Gasteiger partial charge < -0.3 is 20.9 Å². The number of carbonyl (C=O) groups is 1. The number of aliphatic hydroxyl groups is 1. The Morgan fingerprint density at radius 2 is 2.18 bits per heavy atom. The van der Waals surface area contributed by atoms with Crippen LogP contribution in [0, 0.1) is 5.82 Å². The maximum absolute atomic E-state index is 13.8. The van der Waals surface area contributed by atoms with E-state index in [1.165, 1.54) is 28.6 Å². The molecule has 2 aromatic rings. The first-order valence-electron chi connectivity index (χ1n) is 8.54. The number of nitrogens with zero attached hydrogens (tertiary/aromatic N) is 1. The molecule has 0 saturated carbocycles. The lowest BCUT2D eigenvalue weighted by Gasteiger charge is -2.25. The summed E-state index contributed by atoms with van der Waals surface area (Å²) in [6.07, 6.45) is -0.970. The van der Waals surface area contributed by atoms with Crippen LogP contribution in [0.1, 0.15) is 28.6 Å². The van der Waals surface area contributed by atoms with Crippen LogP contribution in [-0.2, 0) is 14.8 Å². The second-order valence-corrected chi connectivity index (χ2v) is 9.82. The predicted molar refractivity (Wildman–Crippen MR) is 99.9 cm³/mol. The van der Waals surface area contributed by atoms with E-state index >= 15 is 0 Å². The summed E-state index contributed by atoms with van der Waals surface area (Å²) >= 11 is 0.773. The zero-order valence-corrected chi connectivity index (χ0v) is 16.2. The van der Waals surface area contributed by atoms with Crippen LogP contribution in [0.4, 0.5) is 9.39 Å². The molecule has 4 rings (SSSR count). The van der Waals surface area contributed by atoms with Crippen molar-refractivity contribution in [1.82, 2.24) is 4.31 Å². The Balaban J connectivity index is 1.65. The molecule has 2 aliphatic rings. The zero-order chi connectivity index (χ0) is 20.1. The minimum Gasteiger partial charge on any atom is -0.375 e. The Bertz CT molecular complexity index is 1020. The summed E-state index contributed by atoms with van der Waals surface area (Å²) < 4.78 is 46.6. The van der Waals surface area contributed by atoms with Gasteiger partial charge in [0, 0.05) is 12.1 Å². The normalized spacial score (nSPS) is 23.1. The van der Waals surface area contributed by atoms with E-state index in [0.29, 0.717) is 13.0 Å². The standard InChI is InChI=1S/C17H18FN3O5S2/c18-13-4-2-1-3-11(13)16(23)20-17-12(15(19)22)6-14(27-17)28(24,25)21-7-10-5-9(21)8-26-10/h1-4,6,9-10,15,22H,5,7-8,19H2,(H,20,23)/t9-,10-,15?/m0/s1. The van der Waals surface area contributed by atoms with Crippen molar-refractivity contribution in [2.75, 3.05) is 18.5 Å². The Morgan fingerprint density at radius 1 is 1.43 bits per heavy atom. The van der Waals surface area contributed by atoms with Crippen LogP contribution < -0.4 is 11.1 Å². The third-order valence-electron chi connectivity index (χ3n) is 4.82. The summed E-state index contributed by atoms with van der Waals surface area (Å²) in [4.78, 5) is 12.4. The van der Waals surface area contributed by atoms with Crippen molar-refractivity contribution >= 4 is 32.3 Å². The van der Waals surface area contributed by atoms with Crippen molar-refractivity contribution in [1.29, 1.82) is 0 Å². The molecule has 2 bridgehead atoms. The first kappa shape index (κ1) is 19.4. The zero-order valence-electron chi connectivity index (χ0n) is 14.5. The van der Waals surface area contributed by atoms with Crippen LogP contribution in [-0.4, -0.2) is 49.0 Å². The smallest absolute Gasteiger partial charge is 0.259 e. The van der Waals surface area contributed by atoms with Gasteiger partial charge in [0.15, 0.2) is 0 Å². The fourth-order valence-corrected chi connectivity index (χ4v) is 6.61. The summed E-state index contributed by atoms with van der Waals surface area (Å²) in [5.41, 5.74) is 5.39. The minimum absolute atomic E-state index is 0.0499. The van der Waals surface area contributed by atoms with Crippen LogP contribution in [0.5, 0.6) is 0 Å². The SMILES string of the molecule is NC(O)c1cc(S(=O)(=O)N2C[C@@H]3C[C@H]2CO3)sc1NC(=O)c1ccccc1F. The van der Waals surface area contributed by atoms with Crippen molar-refractivity contribution in [2.24, 2.45) is 5.73 Å². The highest BCUT2D eigenvalue weighted by molar-refractivity contribution is 7.91. The van der Waals surface area contributed by atoms with Gasteiger partial charge in [-0.1, -0.05) is 12.1 Å². The molecule has 1 unspecified atom stereocenters. The maximum atomic E-state index is 13.8. The Morgan fingerprint density at radius 3 is 2.79 bits per heavy atom. The quantitative estimate of drug-likeness (QED) is 0.618. The minimum atomic E-state index is -3.83. The van der Waals surface area contributed by atoms with Crippen LogP contribution in [0.15, 0.2) is 34.5 Å². The van der Waals surface area contributed by atoms with Crippen LogP contribution in [0.2, 0.25) is 0 Å². The molecule has 11 heteroatoms. The lowest BCUT2D eigenvalue weighted by molar-refractivity contribution is 0.0609. The molecular weight excluding hydrogens is 409 g/mol. The van der Waals surface area contributed by atoms with Crippen molar-refractivity contribution in [3.05, 3.63) is 47.3 Å². The summed E-state index contributed by atoms with van der Waals surface area (Å²) in [6, 6.07) is 6.42. The lowest BCUT2D eigenvalue weighted by Crippen LogP contribution is -2.41. The van der Waals surface area contributed by atoms with Crippen molar-refractivity contribution < 1.29 is 27.4 Å². The molecule has 4 N–H and O–H groups in total. The average molecular weight is 427 g/mol. The van der Waals surface area contributed by atoms with E-state index in [1.54, 1.807) is 0 Å². The Labute approximate surface area is 164 Å². The number of hydrogen-bond acceptors (Lipinski definition) is 7. The second-order valence-electron chi connectivity index (χ2n) is 6.65. The second kappa shape index (κ2) is 7.17. The molecular formula is C17H18FN3O5S2. The fraction of sp³-hybridized carbons (Fsp3) is 0.353. The van der Waals surface area contributed by atoms with Gasteiger partial charge >= 0.3 is 0 Å². The number of amides is 1. The largest absolute Gasteiger partial charge is 0.375 e. The molecule has 1 aromatic heterocycles. The molecule has 0 spiro atoms. The lowest BCUT2D eigenvalue weighted by atomic mass is 10.2. The Hall–Kier alpha value is -1.89. The van der Waals surface area contributed by atoms with Crippen molar-refractivity contribution in [3.8, 4) is 0 Å². The molecule has 3 atom stereocenters. The highest BCUT2D eigenvalue weighted by atomic mass is 32.2. The highest BCUT2D eigenvalue weighted by Crippen LogP contribution is 2.39. The molecule has 150 valence electrons. The predicted octanol–water partition coefficient (Wildman–Crippen LogP) is 1.25. The number of fused-ring (bicyclic) bond motifs is 2. The first-order chi connectivity index (χ1) is 13.3. The molecule has 0 aliphatic carbocycles. The van der Waals surface area contributed by atoms with E-state index in [2.05, 4.69) is 5.32 Å². The van der Waals surface area contributed by atoms with Gasteiger partial charge in [0.1, 0.15) is 21.3 Å². The van der Waals surface area contributed by atoms with Crippen LogP contribution in [0.25, 0.3) is 0 Å². The number of thiophene rings is 1. The van der Waals surface area contributed by atoms with E-state index in [9.17, 15) is 22.7 Å². The number of nitrogens with one attached hydrogen (secondary N) is 1. The van der Waals surface area contributed by atoms with Gasteiger partial charge in [-0.15, -0.1) is 11.3 Å². The number of anilines is 1. The van der Waals surface area contributed by atoms with Gasteiger partial charge in [-0.3, -0.25) is 4.79 Å². The number of carbonyl (C=O) groups excluding carboxylic acids is 1. The van der Waals surface area contributed by atoms with E-state index in [1.807, 2.05) is 0 Å². The number of benzene rings is 1. The number of halogens is 1. The first-order valence-corrected chi connectivity index (χ1v) is 10.8. The van der Waals surface area contributed by atoms with E-state index < -0.39 is 28.0 Å². The summed E-state index contributed by atoms with van der Waals surface area (Å²) in [7, 11) is -3.83. The molecule has 1 aromatic carbocycles. The van der Waals surface area contributed by atoms with E-state index in [4.69, 9.17) is 10.5 Å². The third kappa shape index (κ3) is 3.34. The molecule has 28 heavy (non-hydrogen) atoms.